The maximum absolute atomic E-state index is 13.0. The Bertz CT molecular complexity index is 1410. The monoisotopic (exact) mass is 442 g/mol. The summed E-state index contributed by atoms with van der Waals surface area (Å²) in [6.45, 7) is -0.469. The molecule has 0 saturated carbocycles. The Hall–Kier alpha value is -4.20. The number of anilines is 1. The lowest BCUT2D eigenvalue weighted by Gasteiger charge is -2.19. The number of benzene rings is 2. The van der Waals surface area contributed by atoms with E-state index in [0.717, 1.165) is 47.8 Å². The van der Waals surface area contributed by atoms with Gasteiger partial charge in [0, 0.05) is 17.1 Å². The van der Waals surface area contributed by atoms with Gasteiger partial charge >= 0.3 is 5.97 Å². The van der Waals surface area contributed by atoms with Gasteiger partial charge in [0.25, 0.3) is 11.5 Å². The van der Waals surface area contributed by atoms with Crippen LogP contribution in [0.4, 0.5) is 5.82 Å². The van der Waals surface area contributed by atoms with Crippen LogP contribution in [-0.4, -0.2) is 33.2 Å². The second kappa shape index (κ2) is 8.74. The molecule has 166 valence electrons. The van der Waals surface area contributed by atoms with Gasteiger partial charge in [0.1, 0.15) is 5.82 Å². The number of ether oxygens (including phenoxy) is 1. The number of carbonyl (C=O) groups excluding carboxylic acids is 2. The molecule has 2 aromatic heterocycles. The number of H-pyrrole nitrogens is 1. The van der Waals surface area contributed by atoms with E-state index in [9.17, 15) is 14.4 Å². The van der Waals surface area contributed by atoms with Crippen molar-refractivity contribution in [1.29, 1.82) is 0 Å². The quantitative estimate of drug-likeness (QED) is 0.461. The van der Waals surface area contributed by atoms with Crippen LogP contribution in [0.25, 0.3) is 16.6 Å². The molecule has 1 aliphatic rings. The molecule has 2 heterocycles. The highest BCUT2D eigenvalue weighted by Crippen LogP contribution is 2.29. The van der Waals surface area contributed by atoms with Gasteiger partial charge < -0.3 is 10.1 Å². The third-order valence-electron chi connectivity index (χ3n) is 5.72. The van der Waals surface area contributed by atoms with Crippen LogP contribution < -0.4 is 10.9 Å². The van der Waals surface area contributed by atoms with Crippen molar-refractivity contribution in [3.63, 3.8) is 0 Å². The smallest absolute Gasteiger partial charge is 0.339 e. The first-order valence-electron chi connectivity index (χ1n) is 10.8. The van der Waals surface area contributed by atoms with E-state index >= 15 is 0 Å². The van der Waals surface area contributed by atoms with E-state index in [1.54, 1.807) is 12.1 Å². The summed E-state index contributed by atoms with van der Waals surface area (Å²) in [6, 6.07) is 17.7. The largest absolute Gasteiger partial charge is 0.452 e. The Kier molecular flexibility index (Phi) is 5.48. The SMILES string of the molecule is O=C(COC(=O)c1c2c(nc3ccccc13)CCCC2)Nc1cc(=O)n(-c2ccccc2)[nH]1. The fraction of sp³-hybridized carbons (Fsp3) is 0.200. The highest BCUT2D eigenvalue weighted by atomic mass is 16.5. The summed E-state index contributed by atoms with van der Waals surface area (Å²) in [6.07, 6.45) is 3.61. The van der Waals surface area contributed by atoms with Gasteiger partial charge in [-0.25, -0.2) is 9.48 Å². The molecule has 33 heavy (non-hydrogen) atoms. The summed E-state index contributed by atoms with van der Waals surface area (Å²) in [7, 11) is 0. The molecular formula is C25H22N4O4. The summed E-state index contributed by atoms with van der Waals surface area (Å²) < 4.78 is 6.70. The predicted octanol–water partition coefficient (Wildman–Crippen LogP) is 3.39. The van der Waals surface area contributed by atoms with Crippen molar-refractivity contribution in [2.75, 3.05) is 11.9 Å². The van der Waals surface area contributed by atoms with Gasteiger partial charge in [-0.3, -0.25) is 19.7 Å². The fourth-order valence-corrected chi connectivity index (χ4v) is 4.22. The molecule has 0 bridgehead atoms. The van der Waals surface area contributed by atoms with Crippen LogP contribution in [0.5, 0.6) is 0 Å². The lowest BCUT2D eigenvalue weighted by molar-refractivity contribution is -0.119. The van der Waals surface area contributed by atoms with Crippen LogP contribution in [0.2, 0.25) is 0 Å². The number of aromatic amines is 1. The molecule has 2 N–H and O–H groups in total. The van der Waals surface area contributed by atoms with Crippen LogP contribution in [0.15, 0.2) is 65.5 Å². The summed E-state index contributed by atoms with van der Waals surface area (Å²) in [4.78, 5) is 42.4. The number of esters is 1. The number of hydrogen-bond donors (Lipinski definition) is 2. The molecule has 8 nitrogen and oxygen atoms in total. The molecule has 5 rings (SSSR count). The van der Waals surface area contributed by atoms with Gasteiger partial charge in [0.2, 0.25) is 0 Å². The average molecular weight is 442 g/mol. The van der Waals surface area contributed by atoms with E-state index in [4.69, 9.17) is 9.72 Å². The van der Waals surface area contributed by atoms with Crippen LogP contribution in [-0.2, 0) is 22.4 Å². The lowest BCUT2D eigenvalue weighted by Crippen LogP contribution is -2.23. The molecule has 1 amide bonds. The molecule has 2 aromatic carbocycles. The van der Waals surface area contributed by atoms with Crippen LogP contribution in [0, 0.1) is 0 Å². The number of pyridine rings is 1. The molecule has 0 unspecified atom stereocenters. The minimum absolute atomic E-state index is 0.219. The van der Waals surface area contributed by atoms with E-state index in [-0.39, 0.29) is 11.4 Å². The van der Waals surface area contributed by atoms with Gasteiger partial charge in [0.05, 0.1) is 16.8 Å². The van der Waals surface area contributed by atoms with E-state index in [1.807, 2.05) is 42.5 Å². The summed E-state index contributed by atoms with van der Waals surface area (Å²) in [5.41, 5.74) is 3.40. The second-order valence-corrected chi connectivity index (χ2v) is 7.94. The lowest BCUT2D eigenvalue weighted by atomic mass is 9.90. The highest BCUT2D eigenvalue weighted by molar-refractivity contribution is 6.06. The summed E-state index contributed by atoms with van der Waals surface area (Å²) >= 11 is 0. The number of aromatic nitrogens is 3. The highest BCUT2D eigenvalue weighted by Gasteiger charge is 2.24. The van der Waals surface area contributed by atoms with E-state index in [2.05, 4.69) is 10.4 Å². The minimum Gasteiger partial charge on any atom is -0.452 e. The number of rotatable bonds is 5. The van der Waals surface area contributed by atoms with E-state index < -0.39 is 18.5 Å². The molecule has 8 heteroatoms. The Balaban J connectivity index is 1.32. The Morgan fingerprint density at radius 2 is 1.79 bits per heavy atom. The van der Waals surface area contributed by atoms with Crippen molar-refractivity contribution in [3.8, 4) is 5.69 Å². The molecule has 4 aromatic rings. The van der Waals surface area contributed by atoms with Crippen molar-refractivity contribution >= 4 is 28.6 Å². The van der Waals surface area contributed by atoms with Gasteiger partial charge in [-0.1, -0.05) is 36.4 Å². The number of para-hydroxylation sites is 2. The third kappa shape index (κ3) is 4.15. The number of nitrogens with zero attached hydrogens (tertiary/aromatic N) is 2. The molecule has 0 spiro atoms. The Morgan fingerprint density at radius 1 is 1.03 bits per heavy atom. The standard InChI is InChI=1S/C25H22N4O4/c30-22(27-21-14-23(31)29(28-21)16-8-2-1-3-9-16)15-33-25(32)24-17-10-4-6-12-19(17)26-20-13-7-5-11-18(20)24/h1-4,6,8-10,12,14,28H,5,7,11,13,15H2,(H,27,30). The van der Waals surface area contributed by atoms with Crippen molar-refractivity contribution in [3.05, 3.63) is 87.8 Å². The van der Waals surface area contributed by atoms with Crippen LogP contribution >= 0.6 is 0 Å². The summed E-state index contributed by atoms with van der Waals surface area (Å²) in [5, 5.41) is 6.14. The zero-order valence-corrected chi connectivity index (χ0v) is 17.8. The van der Waals surface area contributed by atoms with E-state index in [1.165, 1.54) is 10.7 Å². The number of hydrogen-bond acceptors (Lipinski definition) is 5. The molecule has 0 atom stereocenters. The van der Waals surface area contributed by atoms with Crippen molar-refractivity contribution in [1.82, 2.24) is 14.8 Å². The first-order chi connectivity index (χ1) is 16.1. The minimum atomic E-state index is -0.544. The fourth-order valence-electron chi connectivity index (χ4n) is 4.22. The molecule has 0 radical (unpaired) electrons. The van der Waals surface area contributed by atoms with Crippen LogP contribution in [0.3, 0.4) is 0 Å². The average Bonchev–Trinajstić information content (AvgIpc) is 3.21. The zero-order valence-electron chi connectivity index (χ0n) is 17.8. The van der Waals surface area contributed by atoms with Gasteiger partial charge in [-0.2, -0.15) is 0 Å². The third-order valence-corrected chi connectivity index (χ3v) is 5.72. The molecule has 0 saturated heterocycles. The second-order valence-electron chi connectivity index (χ2n) is 7.94. The normalized spacial score (nSPS) is 12.8. The number of aryl methyl sites for hydroxylation is 1. The van der Waals surface area contributed by atoms with Crippen LogP contribution in [0.1, 0.15) is 34.5 Å². The molecule has 0 fully saturated rings. The van der Waals surface area contributed by atoms with Gasteiger partial charge in [-0.15, -0.1) is 0 Å². The zero-order chi connectivity index (χ0) is 22.8. The van der Waals surface area contributed by atoms with Crippen molar-refractivity contribution in [2.24, 2.45) is 0 Å². The van der Waals surface area contributed by atoms with Crippen molar-refractivity contribution < 1.29 is 14.3 Å². The molecule has 0 aliphatic heterocycles. The van der Waals surface area contributed by atoms with Crippen molar-refractivity contribution in [2.45, 2.75) is 25.7 Å². The topological polar surface area (TPSA) is 106 Å². The maximum atomic E-state index is 13.0. The number of nitrogens with one attached hydrogen (secondary N) is 2. The first-order valence-corrected chi connectivity index (χ1v) is 10.8. The summed E-state index contributed by atoms with van der Waals surface area (Å²) in [5.74, 6) is -0.870. The number of carbonyl (C=O) groups is 2. The Labute approximate surface area is 189 Å². The number of fused-ring (bicyclic) bond motifs is 2. The Morgan fingerprint density at radius 3 is 2.64 bits per heavy atom. The van der Waals surface area contributed by atoms with Gasteiger partial charge in [0.15, 0.2) is 6.61 Å². The van der Waals surface area contributed by atoms with E-state index in [0.29, 0.717) is 11.3 Å². The molecular weight excluding hydrogens is 420 g/mol. The van der Waals surface area contributed by atoms with Gasteiger partial charge in [-0.05, 0) is 49.4 Å². The first kappa shape index (κ1) is 20.7. The maximum Gasteiger partial charge on any atom is 0.339 e. The number of amides is 1. The molecule has 1 aliphatic carbocycles. The predicted molar refractivity (Wildman–Crippen MR) is 124 cm³/mol.